The summed E-state index contributed by atoms with van der Waals surface area (Å²) in [6.45, 7) is 1.87. The third-order valence-corrected chi connectivity index (χ3v) is 7.59. The Hall–Kier alpha value is -1.89. The van der Waals surface area contributed by atoms with Crippen molar-refractivity contribution in [3.05, 3.63) is 35.9 Å². The van der Waals surface area contributed by atoms with Crippen LogP contribution in [0.15, 0.2) is 35.3 Å². The van der Waals surface area contributed by atoms with Crippen LogP contribution in [-0.4, -0.2) is 91.5 Å². The smallest absolute Gasteiger partial charge is 0.320 e. The van der Waals surface area contributed by atoms with Gasteiger partial charge in [0.2, 0.25) is 0 Å². The molecule has 33 heavy (non-hydrogen) atoms. The van der Waals surface area contributed by atoms with Crippen LogP contribution in [0.4, 0.5) is 0 Å². The summed E-state index contributed by atoms with van der Waals surface area (Å²) in [4.78, 5) is 15.6. The number of aliphatic carboxylic acids is 1. The fourth-order valence-electron chi connectivity index (χ4n) is 4.20. The number of carboxylic acids is 1. The molecule has 1 saturated heterocycles. The predicted molar refractivity (Wildman–Crippen MR) is 128 cm³/mol. The molecule has 2 rings (SSSR count). The zero-order valence-electron chi connectivity index (χ0n) is 18.7. The number of guanidine groups is 1. The summed E-state index contributed by atoms with van der Waals surface area (Å²) in [7, 11) is 0. The maximum Gasteiger partial charge on any atom is 0.320 e. The first-order chi connectivity index (χ1) is 15.6. The monoisotopic (exact) mass is 484 g/mol. The highest BCUT2D eigenvalue weighted by Gasteiger charge is 2.46. The molecule has 0 amide bonds. The lowest BCUT2D eigenvalue weighted by Crippen LogP contribution is -2.55. The second-order valence-electron chi connectivity index (χ2n) is 8.45. The van der Waals surface area contributed by atoms with Gasteiger partial charge < -0.3 is 42.3 Å². The highest BCUT2D eigenvalue weighted by atomic mass is 32.2. The molecule has 1 aliphatic rings. The molecule has 10 N–H and O–H groups in total. The average Bonchev–Trinajstić information content (AvgIpc) is 2.78. The van der Waals surface area contributed by atoms with Crippen molar-refractivity contribution in [3.8, 4) is 0 Å². The van der Waals surface area contributed by atoms with Crippen LogP contribution in [-0.2, 0) is 4.79 Å². The summed E-state index contributed by atoms with van der Waals surface area (Å²) < 4.78 is 0. The molecule has 0 bridgehead atoms. The van der Waals surface area contributed by atoms with E-state index in [0.717, 1.165) is 5.56 Å². The highest BCUT2D eigenvalue weighted by Crippen LogP contribution is 2.42. The van der Waals surface area contributed by atoms with E-state index < -0.39 is 40.8 Å². The maximum absolute atomic E-state index is 11.8. The van der Waals surface area contributed by atoms with E-state index in [1.807, 2.05) is 37.3 Å². The Kier molecular flexibility index (Phi) is 10.9. The minimum Gasteiger partial charge on any atom is -0.480 e. The van der Waals surface area contributed by atoms with Crippen molar-refractivity contribution in [2.45, 2.75) is 73.0 Å². The number of carboxylic acid groups (broad SMARTS) is 1. The first-order valence-electron chi connectivity index (χ1n) is 11.0. The molecular formula is C22H36N4O6S. The van der Waals surface area contributed by atoms with Crippen molar-refractivity contribution < 1.29 is 30.3 Å². The number of hydrogen-bond donors (Lipinski definition) is 8. The molecule has 10 nitrogen and oxygen atoms in total. The van der Waals surface area contributed by atoms with Gasteiger partial charge in [0.1, 0.15) is 12.1 Å². The Bertz CT molecular complexity index is 765. The Balaban J connectivity index is 2.16. The molecule has 0 spiro atoms. The summed E-state index contributed by atoms with van der Waals surface area (Å²) in [5, 5.41) is 52.6. The number of aliphatic hydroxyl groups is 4. The molecule has 11 heteroatoms. The lowest BCUT2D eigenvalue weighted by Gasteiger charge is -2.43. The van der Waals surface area contributed by atoms with Gasteiger partial charge in [0, 0.05) is 17.8 Å². The third-order valence-electron chi connectivity index (χ3n) is 5.89. The highest BCUT2D eigenvalue weighted by molar-refractivity contribution is 8.00. The zero-order valence-corrected chi connectivity index (χ0v) is 19.5. The van der Waals surface area contributed by atoms with E-state index >= 15 is 0 Å². The Morgan fingerprint density at radius 3 is 2.39 bits per heavy atom. The van der Waals surface area contributed by atoms with Crippen LogP contribution in [0.3, 0.4) is 0 Å². The molecule has 1 aromatic carbocycles. The van der Waals surface area contributed by atoms with Gasteiger partial charge in [-0.3, -0.25) is 9.79 Å². The summed E-state index contributed by atoms with van der Waals surface area (Å²) in [5.41, 5.74) is 11.5. The standard InChI is InChI=1S/C22H36N4O6S/c1-12(26-15(21(31)32)8-5-9-25-22(23)24)10-14(13-6-3-2-4-7-13)20-19(30)18(29)17(28)16(11-27)33-20/h2-4,6-7,12,14-20,26-30H,5,8-11H2,1H3,(H,31,32)(H4,23,24,25)/t12?,14?,15-,16+,17-,18-,19+,20-/m0/s1. The van der Waals surface area contributed by atoms with Gasteiger partial charge >= 0.3 is 5.97 Å². The fraction of sp³-hybridized carbons (Fsp3) is 0.636. The Morgan fingerprint density at radius 2 is 1.82 bits per heavy atom. The normalized spacial score (nSPS) is 28.0. The van der Waals surface area contributed by atoms with Crippen molar-refractivity contribution in [1.29, 1.82) is 0 Å². The van der Waals surface area contributed by atoms with E-state index in [1.54, 1.807) is 0 Å². The molecule has 0 saturated carbocycles. The average molecular weight is 485 g/mol. The van der Waals surface area contributed by atoms with E-state index in [-0.39, 0.29) is 24.5 Å². The van der Waals surface area contributed by atoms with Crippen LogP contribution in [0.1, 0.15) is 37.7 Å². The SMILES string of the molecule is CC(CC(c1ccccc1)[C@@H]1S[C@H](CO)[C@H](O)[C@H](O)[C@H]1O)N[C@@H](CCCN=C(N)N)C(=O)O. The molecular weight excluding hydrogens is 448 g/mol. The van der Waals surface area contributed by atoms with Crippen molar-refractivity contribution >= 4 is 23.7 Å². The second-order valence-corrected chi connectivity index (χ2v) is 9.88. The van der Waals surface area contributed by atoms with Crippen LogP contribution < -0.4 is 16.8 Å². The topological polar surface area (TPSA) is 195 Å². The fourth-order valence-corrected chi connectivity index (χ4v) is 5.79. The Morgan fingerprint density at radius 1 is 1.15 bits per heavy atom. The number of hydrogen-bond acceptors (Lipinski definition) is 8. The zero-order chi connectivity index (χ0) is 24.5. The molecule has 1 aliphatic heterocycles. The lowest BCUT2D eigenvalue weighted by atomic mass is 9.84. The number of nitrogens with one attached hydrogen (secondary N) is 1. The van der Waals surface area contributed by atoms with Crippen molar-refractivity contribution in [2.75, 3.05) is 13.2 Å². The van der Waals surface area contributed by atoms with Gasteiger partial charge in [0.15, 0.2) is 5.96 Å². The van der Waals surface area contributed by atoms with Crippen LogP contribution in [0, 0.1) is 0 Å². The van der Waals surface area contributed by atoms with Crippen LogP contribution >= 0.6 is 11.8 Å². The van der Waals surface area contributed by atoms with E-state index in [9.17, 15) is 30.3 Å². The number of thioether (sulfide) groups is 1. The van der Waals surface area contributed by atoms with Gasteiger partial charge in [-0.05, 0) is 37.7 Å². The number of aliphatic hydroxyl groups excluding tert-OH is 4. The molecule has 1 aromatic rings. The first kappa shape index (κ1) is 27.4. The molecule has 8 atom stereocenters. The minimum absolute atomic E-state index is 0.0362. The van der Waals surface area contributed by atoms with Gasteiger partial charge in [-0.15, -0.1) is 11.8 Å². The number of benzene rings is 1. The van der Waals surface area contributed by atoms with Crippen molar-refractivity contribution in [3.63, 3.8) is 0 Å². The van der Waals surface area contributed by atoms with Crippen LogP contribution in [0.2, 0.25) is 0 Å². The maximum atomic E-state index is 11.8. The summed E-state index contributed by atoms with van der Waals surface area (Å²) in [6, 6.07) is 8.41. The van der Waals surface area contributed by atoms with Gasteiger partial charge in [-0.2, -0.15) is 0 Å². The molecule has 0 aromatic heterocycles. The minimum atomic E-state index is -1.38. The molecule has 186 valence electrons. The largest absolute Gasteiger partial charge is 0.480 e. The number of aliphatic imine (C=N–C) groups is 1. The predicted octanol–water partition coefficient (Wildman–Crippen LogP) is -0.796. The number of carbonyl (C=O) groups is 1. The van der Waals surface area contributed by atoms with E-state index in [0.29, 0.717) is 25.8 Å². The van der Waals surface area contributed by atoms with E-state index in [2.05, 4.69) is 10.3 Å². The molecule has 1 heterocycles. The quantitative estimate of drug-likeness (QED) is 0.106. The van der Waals surface area contributed by atoms with E-state index in [1.165, 1.54) is 11.8 Å². The summed E-state index contributed by atoms with van der Waals surface area (Å²) in [5.74, 6) is -1.28. The van der Waals surface area contributed by atoms with Gasteiger partial charge in [0.05, 0.1) is 24.1 Å². The molecule has 0 radical (unpaired) electrons. The summed E-state index contributed by atoms with van der Waals surface area (Å²) in [6.07, 6.45) is -2.52. The second kappa shape index (κ2) is 13.1. The Labute approximate surface area is 198 Å². The van der Waals surface area contributed by atoms with Crippen LogP contribution in [0.5, 0.6) is 0 Å². The summed E-state index contributed by atoms with van der Waals surface area (Å²) >= 11 is 1.25. The molecule has 0 aliphatic carbocycles. The van der Waals surface area contributed by atoms with Crippen molar-refractivity contribution in [2.24, 2.45) is 16.5 Å². The third kappa shape index (κ3) is 7.83. The van der Waals surface area contributed by atoms with Gasteiger partial charge in [-0.1, -0.05) is 30.3 Å². The number of nitrogens with two attached hydrogens (primary N) is 2. The van der Waals surface area contributed by atoms with Gasteiger partial charge in [0.25, 0.3) is 0 Å². The molecule has 2 unspecified atom stereocenters. The van der Waals surface area contributed by atoms with Crippen molar-refractivity contribution in [1.82, 2.24) is 5.32 Å². The van der Waals surface area contributed by atoms with E-state index in [4.69, 9.17) is 11.5 Å². The first-order valence-corrected chi connectivity index (χ1v) is 12.0. The number of rotatable bonds is 12. The lowest BCUT2D eigenvalue weighted by molar-refractivity contribution is -0.139. The van der Waals surface area contributed by atoms with Gasteiger partial charge in [-0.25, -0.2) is 0 Å². The number of nitrogens with zero attached hydrogens (tertiary/aromatic N) is 1. The van der Waals surface area contributed by atoms with Crippen LogP contribution in [0.25, 0.3) is 0 Å². The molecule has 1 fully saturated rings.